The van der Waals surface area contributed by atoms with Crippen LogP contribution in [0.5, 0.6) is 5.75 Å². The molecule has 3 N–H and O–H groups in total. The zero-order chi connectivity index (χ0) is 13.7. The van der Waals surface area contributed by atoms with Crippen LogP contribution >= 0.6 is 15.9 Å². The fraction of sp³-hybridized carbons (Fsp3) is 0.462. The third-order valence-electron chi connectivity index (χ3n) is 3.20. The van der Waals surface area contributed by atoms with E-state index in [4.69, 9.17) is 15.7 Å². The highest BCUT2D eigenvalue weighted by Crippen LogP contribution is 2.23. The third-order valence-corrected chi connectivity index (χ3v) is 3.86. The quantitative estimate of drug-likeness (QED) is 0.375. The number of halogens is 1. The van der Waals surface area contributed by atoms with Crippen LogP contribution in [0, 0.1) is 0 Å². The van der Waals surface area contributed by atoms with Crippen LogP contribution in [0.1, 0.15) is 18.4 Å². The summed E-state index contributed by atoms with van der Waals surface area (Å²) in [5.41, 5.74) is 6.20. The van der Waals surface area contributed by atoms with Crippen LogP contribution in [-0.2, 0) is 0 Å². The second-order valence-electron chi connectivity index (χ2n) is 4.52. The molecule has 1 aromatic carbocycles. The largest absolute Gasteiger partial charge is 0.492 e. The van der Waals surface area contributed by atoms with Gasteiger partial charge in [-0.15, -0.1) is 0 Å². The Balaban J connectivity index is 1.88. The lowest BCUT2D eigenvalue weighted by Crippen LogP contribution is -2.25. The van der Waals surface area contributed by atoms with Crippen molar-refractivity contribution in [2.45, 2.75) is 12.8 Å². The minimum Gasteiger partial charge on any atom is -0.492 e. The van der Waals surface area contributed by atoms with Gasteiger partial charge < -0.3 is 15.7 Å². The highest BCUT2D eigenvalue weighted by molar-refractivity contribution is 9.10. The Kier molecular flexibility index (Phi) is 5.04. The van der Waals surface area contributed by atoms with Gasteiger partial charge in [0.1, 0.15) is 12.4 Å². The number of hydrogen-bond donors (Lipinski definition) is 2. The molecule has 0 saturated carbocycles. The summed E-state index contributed by atoms with van der Waals surface area (Å²) in [5, 5.41) is 11.6. The van der Waals surface area contributed by atoms with Gasteiger partial charge in [0.25, 0.3) is 0 Å². The van der Waals surface area contributed by atoms with E-state index in [1.54, 1.807) is 6.07 Å². The van der Waals surface area contributed by atoms with Gasteiger partial charge in [-0.1, -0.05) is 5.16 Å². The number of nitrogens with zero attached hydrogens (tertiary/aromatic N) is 2. The maximum Gasteiger partial charge on any atom is 0.171 e. The smallest absolute Gasteiger partial charge is 0.171 e. The van der Waals surface area contributed by atoms with Crippen LogP contribution in [0.2, 0.25) is 0 Å². The second kappa shape index (κ2) is 6.77. The Morgan fingerprint density at radius 2 is 2.16 bits per heavy atom. The Morgan fingerprint density at radius 3 is 2.79 bits per heavy atom. The van der Waals surface area contributed by atoms with Crippen molar-refractivity contribution in [3.63, 3.8) is 0 Å². The average molecular weight is 328 g/mol. The lowest BCUT2D eigenvalue weighted by atomic mass is 10.2. The zero-order valence-electron chi connectivity index (χ0n) is 10.7. The summed E-state index contributed by atoms with van der Waals surface area (Å²) in [7, 11) is 0. The first kappa shape index (κ1) is 14.1. The van der Waals surface area contributed by atoms with Gasteiger partial charge in [-0.2, -0.15) is 0 Å². The van der Waals surface area contributed by atoms with E-state index in [9.17, 15) is 0 Å². The van der Waals surface area contributed by atoms with E-state index in [2.05, 4.69) is 26.0 Å². The van der Waals surface area contributed by atoms with Gasteiger partial charge >= 0.3 is 0 Å². The molecule has 1 saturated heterocycles. The van der Waals surface area contributed by atoms with Gasteiger partial charge in [-0.05, 0) is 60.1 Å². The normalized spacial score (nSPS) is 16.8. The van der Waals surface area contributed by atoms with Crippen LogP contribution < -0.4 is 10.5 Å². The van der Waals surface area contributed by atoms with Crippen molar-refractivity contribution in [3.8, 4) is 5.75 Å². The summed E-state index contributed by atoms with van der Waals surface area (Å²) >= 11 is 3.38. The highest BCUT2D eigenvalue weighted by atomic mass is 79.9. The number of hydrogen-bond acceptors (Lipinski definition) is 4. The van der Waals surface area contributed by atoms with Crippen molar-refractivity contribution in [3.05, 3.63) is 28.2 Å². The number of amidine groups is 1. The molecule has 0 aliphatic carbocycles. The van der Waals surface area contributed by atoms with Crippen molar-refractivity contribution >= 4 is 21.8 Å². The maximum atomic E-state index is 8.65. The first-order valence-corrected chi connectivity index (χ1v) is 7.12. The van der Waals surface area contributed by atoms with E-state index >= 15 is 0 Å². The Labute approximate surface area is 121 Å². The summed E-state index contributed by atoms with van der Waals surface area (Å²) in [6, 6.07) is 5.42. The van der Waals surface area contributed by atoms with Crippen LogP contribution in [0.25, 0.3) is 0 Å². The van der Waals surface area contributed by atoms with E-state index in [1.165, 1.54) is 25.9 Å². The summed E-state index contributed by atoms with van der Waals surface area (Å²) in [6.45, 7) is 3.99. The number of rotatable bonds is 5. The number of ether oxygens (including phenoxy) is 1. The number of oxime groups is 1. The lowest BCUT2D eigenvalue weighted by Gasteiger charge is -2.15. The van der Waals surface area contributed by atoms with E-state index in [1.807, 2.05) is 12.1 Å². The topological polar surface area (TPSA) is 71.1 Å². The molecule has 0 amide bonds. The fourth-order valence-corrected chi connectivity index (χ4v) is 2.71. The van der Waals surface area contributed by atoms with Crippen molar-refractivity contribution in [1.29, 1.82) is 0 Å². The molecule has 0 radical (unpaired) electrons. The Bertz CT molecular complexity index is 459. The van der Waals surface area contributed by atoms with Gasteiger partial charge in [-0.3, -0.25) is 4.90 Å². The molecular weight excluding hydrogens is 310 g/mol. The van der Waals surface area contributed by atoms with Gasteiger partial charge in [0.2, 0.25) is 0 Å². The van der Waals surface area contributed by atoms with Crippen LogP contribution in [0.4, 0.5) is 0 Å². The SMILES string of the molecule is N/C(=N/O)c1ccc(OCCN2CCCC2)cc1Br. The van der Waals surface area contributed by atoms with Crippen molar-refractivity contribution in [1.82, 2.24) is 4.90 Å². The number of benzene rings is 1. The molecule has 1 aromatic rings. The molecule has 1 heterocycles. The monoisotopic (exact) mass is 327 g/mol. The van der Waals surface area contributed by atoms with E-state index in [-0.39, 0.29) is 5.84 Å². The minimum atomic E-state index is 0.0792. The van der Waals surface area contributed by atoms with Crippen molar-refractivity contribution in [2.24, 2.45) is 10.9 Å². The molecule has 0 unspecified atom stereocenters. The minimum absolute atomic E-state index is 0.0792. The lowest BCUT2D eigenvalue weighted by molar-refractivity contribution is 0.237. The summed E-state index contributed by atoms with van der Waals surface area (Å²) in [6.07, 6.45) is 2.58. The molecule has 104 valence electrons. The molecular formula is C13H18BrN3O2. The molecule has 1 fully saturated rings. The maximum absolute atomic E-state index is 8.65. The molecule has 5 nitrogen and oxygen atoms in total. The van der Waals surface area contributed by atoms with Crippen LogP contribution in [-0.4, -0.2) is 42.2 Å². The summed E-state index contributed by atoms with van der Waals surface area (Å²) in [5.74, 6) is 0.857. The highest BCUT2D eigenvalue weighted by Gasteiger charge is 2.11. The predicted molar refractivity (Wildman–Crippen MR) is 77.8 cm³/mol. The van der Waals surface area contributed by atoms with E-state index < -0.39 is 0 Å². The molecule has 1 aliphatic rings. The molecule has 19 heavy (non-hydrogen) atoms. The van der Waals surface area contributed by atoms with E-state index in [0.717, 1.165) is 16.8 Å². The second-order valence-corrected chi connectivity index (χ2v) is 5.38. The summed E-state index contributed by atoms with van der Waals surface area (Å²) < 4.78 is 6.45. The summed E-state index contributed by atoms with van der Waals surface area (Å²) in [4.78, 5) is 2.40. The van der Waals surface area contributed by atoms with Crippen molar-refractivity contribution < 1.29 is 9.94 Å². The number of likely N-dealkylation sites (tertiary alicyclic amines) is 1. The first-order chi connectivity index (χ1) is 9.20. The van der Waals surface area contributed by atoms with Gasteiger partial charge in [0.05, 0.1) is 0 Å². The fourth-order valence-electron chi connectivity index (χ4n) is 2.15. The zero-order valence-corrected chi connectivity index (χ0v) is 12.3. The molecule has 0 bridgehead atoms. The van der Waals surface area contributed by atoms with Crippen LogP contribution in [0.3, 0.4) is 0 Å². The van der Waals surface area contributed by atoms with Gasteiger partial charge in [0, 0.05) is 16.6 Å². The molecule has 6 heteroatoms. The molecule has 0 spiro atoms. The van der Waals surface area contributed by atoms with Gasteiger partial charge in [-0.25, -0.2) is 0 Å². The Morgan fingerprint density at radius 1 is 1.42 bits per heavy atom. The predicted octanol–water partition coefficient (Wildman–Crippen LogP) is 2.02. The van der Waals surface area contributed by atoms with E-state index in [0.29, 0.717) is 12.2 Å². The van der Waals surface area contributed by atoms with Crippen molar-refractivity contribution in [2.75, 3.05) is 26.2 Å². The average Bonchev–Trinajstić information content (AvgIpc) is 2.91. The molecule has 2 rings (SSSR count). The molecule has 1 aliphatic heterocycles. The standard InChI is InChI=1S/C13H18BrN3O2/c14-12-9-10(3-4-11(12)13(15)16-18)19-8-7-17-5-1-2-6-17/h3-4,9,18H,1-2,5-8H2,(H2,15,16). The molecule has 0 atom stereocenters. The first-order valence-electron chi connectivity index (χ1n) is 6.33. The molecule has 0 aromatic heterocycles. The number of nitrogens with two attached hydrogens (primary N) is 1. The van der Waals surface area contributed by atoms with Gasteiger partial charge in [0.15, 0.2) is 5.84 Å². The Hall–Kier alpha value is -1.27. The van der Waals surface area contributed by atoms with Crippen LogP contribution in [0.15, 0.2) is 27.8 Å². The third kappa shape index (κ3) is 3.84.